The Morgan fingerprint density at radius 1 is 1.14 bits per heavy atom. The number of pyridine rings is 1. The molecule has 0 saturated carbocycles. The lowest BCUT2D eigenvalue weighted by Gasteiger charge is -2.35. The van der Waals surface area contributed by atoms with Gasteiger partial charge in [-0.2, -0.15) is 0 Å². The Labute approximate surface area is 173 Å². The topological polar surface area (TPSA) is 66.5 Å². The Balaban J connectivity index is 1.42. The van der Waals surface area contributed by atoms with Gasteiger partial charge in [0.25, 0.3) is 0 Å². The molecule has 156 valence electrons. The van der Waals surface area contributed by atoms with Crippen molar-refractivity contribution in [2.24, 2.45) is 0 Å². The number of likely N-dealkylation sites (tertiary alicyclic amines) is 1. The van der Waals surface area contributed by atoms with Gasteiger partial charge >= 0.3 is 6.03 Å². The summed E-state index contributed by atoms with van der Waals surface area (Å²) in [4.78, 5) is 19.0. The van der Waals surface area contributed by atoms with E-state index in [9.17, 15) is 4.79 Å². The number of hydrogen-bond donors (Lipinski definition) is 2. The average molecular weight is 397 g/mol. The number of urea groups is 1. The van der Waals surface area contributed by atoms with Gasteiger partial charge in [-0.15, -0.1) is 0 Å². The fourth-order valence-electron chi connectivity index (χ4n) is 3.60. The van der Waals surface area contributed by atoms with Gasteiger partial charge < -0.3 is 15.4 Å². The average Bonchev–Trinajstić information content (AvgIpc) is 2.73. The van der Waals surface area contributed by atoms with Crippen LogP contribution >= 0.6 is 0 Å². The number of carbonyl (C=O) groups is 1. The second-order valence-electron chi connectivity index (χ2n) is 7.84. The van der Waals surface area contributed by atoms with E-state index in [-0.39, 0.29) is 12.1 Å². The molecule has 0 aliphatic carbocycles. The highest BCUT2D eigenvalue weighted by Gasteiger charge is 2.22. The summed E-state index contributed by atoms with van der Waals surface area (Å²) in [5.74, 6) is 0.601. The Hall–Kier alpha value is -2.60. The third-order valence-corrected chi connectivity index (χ3v) is 5.08. The second-order valence-corrected chi connectivity index (χ2v) is 7.84. The van der Waals surface area contributed by atoms with Crippen molar-refractivity contribution < 1.29 is 9.53 Å². The molecule has 0 bridgehead atoms. The maximum atomic E-state index is 12.3. The zero-order valence-corrected chi connectivity index (χ0v) is 17.4. The number of hydrogen-bond acceptors (Lipinski definition) is 4. The lowest BCUT2D eigenvalue weighted by atomic mass is 10.0. The first-order valence-corrected chi connectivity index (χ1v) is 10.5. The molecule has 3 rings (SSSR count). The second kappa shape index (κ2) is 10.8. The van der Waals surface area contributed by atoms with Crippen molar-refractivity contribution in [3.63, 3.8) is 0 Å². The summed E-state index contributed by atoms with van der Waals surface area (Å²) >= 11 is 0. The molecule has 1 atom stereocenters. The first kappa shape index (κ1) is 21.1. The maximum absolute atomic E-state index is 12.3. The standard InChI is InChI=1S/C23H32N4O2/c1-18(2)29-22-12-11-20(14-24-22)15-25-23(28)26-16-21-10-6-7-13-27(21)17-19-8-4-3-5-9-19/h3-5,8-9,11-12,14,18,21H,6-7,10,13,15-17H2,1-2H3,(H2,25,26,28). The number of nitrogens with one attached hydrogen (secondary N) is 2. The van der Waals surface area contributed by atoms with Crippen molar-refractivity contribution in [2.45, 2.75) is 58.3 Å². The molecule has 0 spiro atoms. The van der Waals surface area contributed by atoms with Crippen LogP contribution < -0.4 is 15.4 Å². The molecule has 2 amide bonds. The summed E-state index contributed by atoms with van der Waals surface area (Å²) in [7, 11) is 0. The molecule has 29 heavy (non-hydrogen) atoms. The highest BCUT2D eigenvalue weighted by Crippen LogP contribution is 2.19. The van der Waals surface area contributed by atoms with Gasteiger partial charge in [0.05, 0.1) is 6.10 Å². The van der Waals surface area contributed by atoms with E-state index >= 15 is 0 Å². The molecule has 2 heterocycles. The van der Waals surface area contributed by atoms with Gasteiger partial charge in [-0.1, -0.05) is 42.8 Å². The van der Waals surface area contributed by atoms with Gasteiger partial charge in [-0.05, 0) is 44.4 Å². The van der Waals surface area contributed by atoms with Crippen molar-refractivity contribution >= 4 is 6.03 Å². The molecule has 6 nitrogen and oxygen atoms in total. The van der Waals surface area contributed by atoms with Gasteiger partial charge in [0.1, 0.15) is 0 Å². The third kappa shape index (κ3) is 7.06. The summed E-state index contributed by atoms with van der Waals surface area (Å²) in [6.07, 6.45) is 5.39. The Morgan fingerprint density at radius 3 is 2.69 bits per heavy atom. The quantitative estimate of drug-likeness (QED) is 0.714. The predicted octanol–water partition coefficient (Wildman–Crippen LogP) is 3.72. The monoisotopic (exact) mass is 396 g/mol. The summed E-state index contributed by atoms with van der Waals surface area (Å²) in [5.41, 5.74) is 2.26. The van der Waals surface area contributed by atoms with E-state index in [4.69, 9.17) is 4.74 Å². The SMILES string of the molecule is CC(C)Oc1ccc(CNC(=O)NCC2CCCCN2Cc2ccccc2)cn1. The van der Waals surface area contributed by atoms with Gasteiger partial charge in [-0.3, -0.25) is 4.90 Å². The minimum Gasteiger partial charge on any atom is -0.475 e. The van der Waals surface area contributed by atoms with Crippen molar-refractivity contribution in [3.8, 4) is 5.88 Å². The van der Waals surface area contributed by atoms with E-state index in [0.29, 0.717) is 25.0 Å². The molecule has 1 aromatic carbocycles. The minimum absolute atomic E-state index is 0.0958. The lowest BCUT2D eigenvalue weighted by molar-refractivity contribution is 0.138. The number of benzene rings is 1. The Morgan fingerprint density at radius 2 is 1.97 bits per heavy atom. The summed E-state index contributed by atoms with van der Waals surface area (Å²) in [6, 6.07) is 14.5. The highest BCUT2D eigenvalue weighted by molar-refractivity contribution is 5.73. The van der Waals surface area contributed by atoms with Crippen LogP contribution in [0.1, 0.15) is 44.2 Å². The molecule has 2 N–H and O–H groups in total. The highest BCUT2D eigenvalue weighted by atomic mass is 16.5. The lowest BCUT2D eigenvalue weighted by Crippen LogP contribution is -2.48. The van der Waals surface area contributed by atoms with Gasteiger partial charge in [-0.25, -0.2) is 9.78 Å². The van der Waals surface area contributed by atoms with E-state index in [1.165, 1.54) is 18.4 Å². The van der Waals surface area contributed by atoms with Crippen molar-refractivity contribution in [1.82, 2.24) is 20.5 Å². The first-order chi connectivity index (χ1) is 14.1. The predicted molar refractivity (Wildman–Crippen MR) is 115 cm³/mol. The van der Waals surface area contributed by atoms with Crippen molar-refractivity contribution in [3.05, 3.63) is 59.8 Å². The maximum Gasteiger partial charge on any atom is 0.315 e. The molecule has 1 unspecified atom stereocenters. The fraction of sp³-hybridized carbons (Fsp3) is 0.478. The van der Waals surface area contributed by atoms with Gasteiger partial charge in [0, 0.05) is 37.9 Å². The zero-order chi connectivity index (χ0) is 20.5. The van der Waals surface area contributed by atoms with E-state index in [1.807, 2.05) is 32.0 Å². The summed E-state index contributed by atoms with van der Waals surface area (Å²) < 4.78 is 5.54. The molecule has 1 aliphatic heterocycles. The van der Waals surface area contributed by atoms with Gasteiger partial charge in [0.15, 0.2) is 0 Å². The van der Waals surface area contributed by atoms with Crippen LogP contribution in [0.3, 0.4) is 0 Å². The van der Waals surface area contributed by atoms with E-state index in [2.05, 4.69) is 44.8 Å². The molecule has 1 aliphatic rings. The molecular formula is C23H32N4O2. The molecular weight excluding hydrogens is 364 g/mol. The largest absolute Gasteiger partial charge is 0.475 e. The van der Waals surface area contributed by atoms with Crippen LogP contribution in [0.2, 0.25) is 0 Å². The van der Waals surface area contributed by atoms with Crippen molar-refractivity contribution in [2.75, 3.05) is 13.1 Å². The molecule has 1 fully saturated rings. The molecule has 1 aromatic heterocycles. The number of carbonyl (C=O) groups excluding carboxylic acids is 1. The normalized spacial score (nSPS) is 17.1. The van der Waals surface area contributed by atoms with Crippen molar-refractivity contribution in [1.29, 1.82) is 0 Å². The van der Waals surface area contributed by atoms with Crippen LogP contribution in [0.4, 0.5) is 4.79 Å². The van der Waals surface area contributed by atoms with Crippen LogP contribution in [-0.2, 0) is 13.1 Å². The number of aromatic nitrogens is 1. The molecule has 2 aromatic rings. The fourth-order valence-corrected chi connectivity index (χ4v) is 3.60. The van der Waals surface area contributed by atoms with Crippen LogP contribution in [0, 0.1) is 0 Å². The first-order valence-electron chi connectivity index (χ1n) is 10.5. The Kier molecular flexibility index (Phi) is 7.87. The minimum atomic E-state index is -0.141. The number of amides is 2. The molecule has 0 radical (unpaired) electrons. The summed E-state index contributed by atoms with van der Waals surface area (Å²) in [5, 5.41) is 5.95. The molecule has 6 heteroatoms. The number of piperidine rings is 1. The smallest absolute Gasteiger partial charge is 0.315 e. The number of rotatable bonds is 8. The van der Waals surface area contributed by atoms with E-state index < -0.39 is 0 Å². The van der Waals surface area contributed by atoms with Crippen LogP contribution in [-0.4, -0.2) is 41.2 Å². The summed E-state index contributed by atoms with van der Waals surface area (Å²) in [6.45, 7) is 7.06. The number of ether oxygens (including phenoxy) is 1. The van der Waals surface area contributed by atoms with Crippen LogP contribution in [0.5, 0.6) is 5.88 Å². The number of nitrogens with zero attached hydrogens (tertiary/aromatic N) is 2. The zero-order valence-electron chi connectivity index (χ0n) is 17.4. The molecule has 1 saturated heterocycles. The third-order valence-electron chi connectivity index (χ3n) is 5.08. The van der Waals surface area contributed by atoms with Gasteiger partial charge in [0.2, 0.25) is 5.88 Å². The Bertz CT molecular complexity index is 749. The van der Waals surface area contributed by atoms with Crippen LogP contribution in [0.25, 0.3) is 0 Å². The van der Waals surface area contributed by atoms with Crippen LogP contribution in [0.15, 0.2) is 48.7 Å². The van der Waals surface area contributed by atoms with E-state index in [1.54, 1.807) is 6.20 Å². The van der Waals surface area contributed by atoms with E-state index in [0.717, 1.165) is 25.1 Å².